The molecule has 2 fully saturated rings. The van der Waals surface area contributed by atoms with Crippen LogP contribution in [0.1, 0.15) is 76.7 Å². The quantitative estimate of drug-likeness (QED) is 0.107. The summed E-state index contributed by atoms with van der Waals surface area (Å²) in [6.45, 7) is 14.6. The topological polar surface area (TPSA) is 88.1 Å². The third-order valence-corrected chi connectivity index (χ3v) is 10.0. The van der Waals surface area contributed by atoms with Gasteiger partial charge in [-0.15, -0.1) is 0 Å². The molecule has 3 aromatic carbocycles. The van der Waals surface area contributed by atoms with Crippen LogP contribution in [0.5, 0.6) is 11.5 Å². The van der Waals surface area contributed by atoms with Crippen molar-refractivity contribution in [2.45, 2.75) is 77.2 Å². The standard InChI is InChI=1S/C43H48O7/c1-27(2)41(44)48-36-19-15-32(16-20-36)30-7-11-34(12-8-30)39-24-23-38(50-42(45)28(3)4)25-40(39)35-13-9-31(10-14-35)33-17-21-37(22-18-33)49-43(46)29(5)26-47-6/h7-8,11-12,15-16,19-20,23-25,31,33,35,37H,1,3,5,9-10,13-14,17-18,21-22,26H2,2,4,6H3. The fourth-order valence-corrected chi connectivity index (χ4v) is 7.20. The maximum atomic E-state index is 12.4. The smallest absolute Gasteiger partial charge is 0.338 e. The molecule has 0 amide bonds. The van der Waals surface area contributed by atoms with Gasteiger partial charge >= 0.3 is 17.9 Å². The second-order valence-corrected chi connectivity index (χ2v) is 13.8. The van der Waals surface area contributed by atoms with Crippen LogP contribution in [-0.2, 0) is 23.9 Å². The Kier molecular flexibility index (Phi) is 12.3. The monoisotopic (exact) mass is 676 g/mol. The Hall–Kier alpha value is -4.75. The molecule has 0 unspecified atom stereocenters. The number of hydrogen-bond donors (Lipinski definition) is 0. The molecule has 0 spiro atoms. The highest BCUT2D eigenvalue weighted by Gasteiger charge is 2.33. The van der Waals surface area contributed by atoms with E-state index in [1.54, 1.807) is 33.1 Å². The first-order valence-electron chi connectivity index (χ1n) is 17.5. The number of esters is 3. The van der Waals surface area contributed by atoms with E-state index in [1.165, 1.54) is 5.56 Å². The van der Waals surface area contributed by atoms with Gasteiger partial charge in [0.2, 0.25) is 0 Å². The highest BCUT2D eigenvalue weighted by atomic mass is 16.5. The zero-order valence-electron chi connectivity index (χ0n) is 29.5. The maximum Gasteiger partial charge on any atom is 0.338 e. The molecule has 0 aliphatic heterocycles. The minimum atomic E-state index is -0.444. The third-order valence-electron chi connectivity index (χ3n) is 10.0. The van der Waals surface area contributed by atoms with E-state index in [9.17, 15) is 14.4 Å². The SMILES string of the molecule is C=C(C)C(=O)Oc1ccc(-c2ccc(-c3ccc(OC(=O)C(=C)C)cc3C3CCC(C4CCC(OC(=O)C(=C)COC)CC4)CC3)cc2)cc1. The predicted molar refractivity (Wildman–Crippen MR) is 196 cm³/mol. The minimum absolute atomic E-state index is 0.0481. The lowest BCUT2D eigenvalue weighted by molar-refractivity contribution is -0.147. The van der Waals surface area contributed by atoms with Gasteiger partial charge in [-0.1, -0.05) is 62.2 Å². The fourth-order valence-electron chi connectivity index (χ4n) is 7.20. The molecule has 5 rings (SSSR count). The first-order chi connectivity index (χ1) is 24.0. The Morgan fingerprint density at radius 2 is 1.10 bits per heavy atom. The largest absolute Gasteiger partial charge is 0.459 e. The summed E-state index contributed by atoms with van der Waals surface area (Å²) in [6.07, 6.45) is 8.25. The van der Waals surface area contributed by atoms with Gasteiger partial charge in [0.25, 0.3) is 0 Å². The number of rotatable bonds is 12. The van der Waals surface area contributed by atoms with Gasteiger partial charge in [-0.05, 0) is 135 Å². The van der Waals surface area contributed by atoms with Crippen molar-refractivity contribution in [1.82, 2.24) is 0 Å². The first kappa shape index (κ1) is 36.5. The number of carbonyl (C=O) groups is 3. The lowest BCUT2D eigenvalue weighted by atomic mass is 9.69. The molecule has 0 bridgehead atoms. The number of methoxy groups -OCH3 is 1. The first-order valence-corrected chi connectivity index (χ1v) is 17.5. The Morgan fingerprint density at radius 1 is 0.620 bits per heavy atom. The van der Waals surface area contributed by atoms with Crippen molar-refractivity contribution in [2.24, 2.45) is 11.8 Å². The van der Waals surface area contributed by atoms with Gasteiger partial charge in [0.15, 0.2) is 0 Å². The van der Waals surface area contributed by atoms with E-state index in [1.807, 2.05) is 24.3 Å². The number of carbonyl (C=O) groups excluding carboxylic acids is 3. The Balaban J connectivity index is 1.27. The van der Waals surface area contributed by atoms with Crippen molar-refractivity contribution < 1.29 is 33.3 Å². The molecular formula is C43H48O7. The van der Waals surface area contributed by atoms with Crippen LogP contribution in [0.4, 0.5) is 0 Å². The molecule has 50 heavy (non-hydrogen) atoms. The summed E-state index contributed by atoms with van der Waals surface area (Å²) in [5.41, 5.74) is 6.55. The van der Waals surface area contributed by atoms with Gasteiger partial charge in [-0.25, -0.2) is 14.4 Å². The average Bonchev–Trinajstić information content (AvgIpc) is 3.12. The number of benzene rings is 3. The van der Waals surface area contributed by atoms with Crippen molar-refractivity contribution in [1.29, 1.82) is 0 Å². The highest BCUT2D eigenvalue weighted by Crippen LogP contribution is 2.46. The van der Waals surface area contributed by atoms with Crippen molar-refractivity contribution in [3.05, 3.63) is 109 Å². The highest BCUT2D eigenvalue weighted by molar-refractivity contribution is 5.89. The van der Waals surface area contributed by atoms with Gasteiger partial charge in [-0.3, -0.25) is 0 Å². The Morgan fingerprint density at radius 3 is 1.64 bits per heavy atom. The van der Waals surface area contributed by atoms with Crippen molar-refractivity contribution in [3.63, 3.8) is 0 Å². The van der Waals surface area contributed by atoms with Gasteiger partial charge in [0, 0.05) is 18.3 Å². The predicted octanol–water partition coefficient (Wildman–Crippen LogP) is 9.56. The molecule has 0 saturated heterocycles. The Labute approximate surface area is 296 Å². The summed E-state index contributed by atoms with van der Waals surface area (Å²) in [5.74, 6) is 1.40. The molecule has 2 aliphatic carbocycles. The molecular weight excluding hydrogens is 628 g/mol. The molecule has 0 atom stereocenters. The molecule has 7 nitrogen and oxygen atoms in total. The fraction of sp³-hybridized carbons (Fsp3) is 0.372. The van der Waals surface area contributed by atoms with Crippen LogP contribution in [0, 0.1) is 11.8 Å². The molecule has 3 aromatic rings. The van der Waals surface area contributed by atoms with Crippen molar-refractivity contribution in [3.8, 4) is 33.8 Å². The lowest BCUT2D eigenvalue weighted by Gasteiger charge is -2.38. The van der Waals surface area contributed by atoms with E-state index in [4.69, 9.17) is 18.9 Å². The van der Waals surface area contributed by atoms with Crippen molar-refractivity contribution in [2.75, 3.05) is 13.7 Å². The Bertz CT molecular complexity index is 1720. The minimum Gasteiger partial charge on any atom is -0.459 e. The van der Waals surface area contributed by atoms with Crippen LogP contribution in [0.15, 0.2) is 103 Å². The van der Waals surface area contributed by atoms with Crippen LogP contribution in [-0.4, -0.2) is 37.7 Å². The molecule has 2 aliphatic rings. The second-order valence-electron chi connectivity index (χ2n) is 13.8. The average molecular weight is 677 g/mol. The van der Waals surface area contributed by atoms with Crippen LogP contribution in [0.3, 0.4) is 0 Å². The van der Waals surface area contributed by atoms with E-state index < -0.39 is 11.9 Å². The zero-order valence-corrected chi connectivity index (χ0v) is 29.5. The molecule has 0 N–H and O–H groups in total. The van der Waals surface area contributed by atoms with Gasteiger partial charge < -0.3 is 18.9 Å². The van der Waals surface area contributed by atoms with Crippen LogP contribution < -0.4 is 9.47 Å². The van der Waals surface area contributed by atoms with Crippen LogP contribution in [0.25, 0.3) is 22.3 Å². The van der Waals surface area contributed by atoms with Gasteiger partial charge in [0.1, 0.15) is 17.6 Å². The van der Waals surface area contributed by atoms with Crippen LogP contribution in [0.2, 0.25) is 0 Å². The van der Waals surface area contributed by atoms with E-state index in [0.717, 1.165) is 73.6 Å². The normalized spacial score (nSPS) is 20.3. The van der Waals surface area contributed by atoms with Crippen molar-refractivity contribution >= 4 is 17.9 Å². The summed E-state index contributed by atoms with van der Waals surface area (Å²) in [6, 6.07) is 21.9. The van der Waals surface area contributed by atoms with Gasteiger partial charge in [-0.2, -0.15) is 0 Å². The number of hydrogen-bond acceptors (Lipinski definition) is 7. The molecule has 0 radical (unpaired) electrons. The van der Waals surface area contributed by atoms with E-state index in [0.29, 0.717) is 46.0 Å². The van der Waals surface area contributed by atoms with E-state index in [-0.39, 0.29) is 18.7 Å². The molecule has 262 valence electrons. The van der Waals surface area contributed by atoms with Crippen LogP contribution >= 0.6 is 0 Å². The van der Waals surface area contributed by atoms with Gasteiger partial charge in [0.05, 0.1) is 12.2 Å². The third kappa shape index (κ3) is 9.27. The van der Waals surface area contributed by atoms with E-state index in [2.05, 4.69) is 50.1 Å². The summed E-state index contributed by atoms with van der Waals surface area (Å²) in [4.78, 5) is 36.6. The number of ether oxygens (including phenoxy) is 4. The second kappa shape index (κ2) is 16.8. The summed E-state index contributed by atoms with van der Waals surface area (Å²) in [7, 11) is 1.54. The molecule has 0 aromatic heterocycles. The summed E-state index contributed by atoms with van der Waals surface area (Å²) >= 11 is 0. The van der Waals surface area contributed by atoms with E-state index >= 15 is 0 Å². The maximum absolute atomic E-state index is 12.4. The lowest BCUT2D eigenvalue weighted by Crippen LogP contribution is -2.30. The molecule has 7 heteroatoms. The summed E-state index contributed by atoms with van der Waals surface area (Å²) in [5, 5.41) is 0. The molecule has 0 heterocycles. The zero-order chi connectivity index (χ0) is 35.8. The molecule has 2 saturated carbocycles. The summed E-state index contributed by atoms with van der Waals surface area (Å²) < 4.78 is 21.7.